The minimum atomic E-state index is -10.7. The Kier molecular flexibility index (Phi) is 4.88. The molecule has 2 aromatic rings. The number of hydrogen-bond acceptors (Lipinski definition) is 1. The Bertz CT molecular complexity index is 630. The minimum absolute atomic E-state index is 0.995. The third kappa shape index (κ3) is 9.89. The number of H-pyrrole nitrogens is 1. The maximum absolute atomic E-state index is 10.7. The van der Waals surface area contributed by atoms with Gasteiger partial charge in [-0.2, -0.15) is 4.57 Å². The van der Waals surface area contributed by atoms with Gasteiger partial charge >= 0.3 is 33.0 Å². The topological polar surface area (TPSA) is 32.6 Å². The molecule has 0 aliphatic rings. The van der Waals surface area contributed by atoms with E-state index >= 15 is 0 Å². The number of nitrogens with zero attached hydrogens (tertiary/aromatic N) is 2. The molecule has 10 heteroatoms. The molecule has 1 N–H and O–H groups in total. The molecule has 23 heavy (non-hydrogen) atoms. The first-order valence-electron chi connectivity index (χ1n) is 6.63. The number of aryl methyl sites for hydroxylation is 4. The first-order chi connectivity index (χ1) is 10.1. The van der Waals surface area contributed by atoms with Crippen molar-refractivity contribution >= 4 is 7.81 Å². The van der Waals surface area contributed by atoms with Crippen LogP contribution in [0.3, 0.4) is 0 Å². The van der Waals surface area contributed by atoms with Crippen molar-refractivity contribution in [3.8, 4) is 0 Å². The number of hydrogen-bond donors (Lipinski definition) is 1. The van der Waals surface area contributed by atoms with Crippen molar-refractivity contribution < 1.29 is 29.7 Å². The van der Waals surface area contributed by atoms with Gasteiger partial charge in [-0.1, -0.05) is 0 Å². The average molecular weight is 361 g/mol. The van der Waals surface area contributed by atoms with E-state index in [-0.39, 0.29) is 0 Å². The Balaban J connectivity index is 0.000000322. The quantitative estimate of drug-likeness (QED) is 0.452. The number of imidazole rings is 1. The fraction of sp³-hybridized carbons (Fsp3) is 0.385. The maximum atomic E-state index is 9.87. The zero-order valence-electron chi connectivity index (χ0n) is 12.8. The van der Waals surface area contributed by atoms with Gasteiger partial charge in [0.2, 0.25) is 0 Å². The van der Waals surface area contributed by atoms with Gasteiger partial charge in [0.1, 0.15) is 0 Å². The van der Waals surface area contributed by atoms with Gasteiger partial charge in [-0.3, -0.25) is 0 Å². The van der Waals surface area contributed by atoms with E-state index < -0.39 is 7.81 Å². The van der Waals surface area contributed by atoms with E-state index in [1.54, 1.807) is 6.33 Å². The average Bonchev–Trinajstić information content (AvgIpc) is 2.75. The summed E-state index contributed by atoms with van der Waals surface area (Å²) in [6.45, 7) is 7.46. The summed E-state index contributed by atoms with van der Waals surface area (Å²) in [5.74, 6) is 0. The molecule has 2 rings (SSSR count). The number of pyridine rings is 1. The molecule has 3 nitrogen and oxygen atoms in total. The first-order valence-corrected chi connectivity index (χ1v) is 8.66. The Labute approximate surface area is 129 Å². The second-order valence-electron chi connectivity index (χ2n) is 5.25. The van der Waals surface area contributed by atoms with Gasteiger partial charge in [-0.15, -0.1) is 0 Å². The van der Waals surface area contributed by atoms with Crippen molar-refractivity contribution in [1.29, 1.82) is 0 Å². The van der Waals surface area contributed by atoms with Crippen LogP contribution in [0.1, 0.15) is 22.6 Å². The summed E-state index contributed by atoms with van der Waals surface area (Å²) in [5, 5.41) is 0. The molecular formula is C13H18F6N3P. The van der Waals surface area contributed by atoms with Gasteiger partial charge in [-0.05, 0) is 12.5 Å². The van der Waals surface area contributed by atoms with Crippen LogP contribution in [0.4, 0.5) is 25.2 Å². The van der Waals surface area contributed by atoms with Gasteiger partial charge < -0.3 is 4.98 Å². The van der Waals surface area contributed by atoms with Gasteiger partial charge in [0, 0.05) is 44.3 Å². The van der Waals surface area contributed by atoms with Crippen LogP contribution < -0.4 is 4.57 Å². The van der Waals surface area contributed by atoms with Crippen molar-refractivity contribution in [3.05, 3.63) is 47.3 Å². The Morgan fingerprint density at radius 2 is 1.48 bits per heavy atom. The number of nitrogens with one attached hydrogen (secondary N) is 1. The molecule has 0 atom stereocenters. The third-order valence-electron chi connectivity index (χ3n) is 2.88. The normalized spacial score (nSPS) is 14.5. The van der Waals surface area contributed by atoms with Gasteiger partial charge in [0.15, 0.2) is 17.9 Å². The molecule has 2 heterocycles. The molecule has 0 aromatic carbocycles. The second kappa shape index (κ2) is 5.78. The summed E-state index contributed by atoms with van der Waals surface area (Å²) < 4.78 is 61.5. The predicted octanol–water partition coefficient (Wildman–Crippen LogP) is 5.25. The summed E-state index contributed by atoms with van der Waals surface area (Å²) in [7, 11) is -10.7. The molecule has 0 fully saturated rings. The molecule has 0 amide bonds. The van der Waals surface area contributed by atoms with Crippen molar-refractivity contribution in [2.75, 3.05) is 0 Å². The summed E-state index contributed by atoms with van der Waals surface area (Å²) in [4.78, 5) is 7.16. The molecule has 0 unspecified atom stereocenters. The number of aromatic nitrogens is 3. The van der Waals surface area contributed by atoms with Crippen molar-refractivity contribution in [2.45, 2.75) is 33.7 Å². The Morgan fingerprint density at radius 3 is 1.87 bits per heavy atom. The van der Waals surface area contributed by atoms with E-state index in [4.69, 9.17) is 0 Å². The molecule has 0 aliphatic heterocycles. The second-order valence-corrected chi connectivity index (χ2v) is 7.17. The fourth-order valence-electron chi connectivity index (χ4n) is 2.14. The van der Waals surface area contributed by atoms with Crippen LogP contribution in [0.15, 0.2) is 24.7 Å². The van der Waals surface area contributed by atoms with Gasteiger partial charge in [0.25, 0.3) is 0 Å². The van der Waals surface area contributed by atoms with Crippen LogP contribution in [-0.4, -0.2) is 9.97 Å². The molecule has 0 radical (unpaired) electrons. The van der Waals surface area contributed by atoms with Crippen molar-refractivity contribution in [2.24, 2.45) is 0 Å². The standard InChI is InChI=1S/C13H18N3.F6P/c1-10-6-11(2)16(12(3)7-10)5-4-13-8-14-9-15-13;1-7(2,3,4,5)6/h6-9H,4-5H2,1-3H3,(H,14,15);/q+1;-1. The number of halogens is 6. The van der Waals surface area contributed by atoms with Crippen LogP contribution in [0.25, 0.3) is 0 Å². The predicted molar refractivity (Wildman–Crippen MR) is 76.7 cm³/mol. The molecule has 0 saturated carbocycles. The van der Waals surface area contributed by atoms with Crippen LogP contribution >= 0.6 is 7.81 Å². The molecule has 0 bridgehead atoms. The zero-order chi connectivity index (χ0) is 18.0. The summed E-state index contributed by atoms with van der Waals surface area (Å²) in [6, 6.07) is 4.44. The Hall–Kier alpha value is -1.63. The van der Waals surface area contributed by atoms with E-state index in [0.717, 1.165) is 13.0 Å². The first kappa shape index (κ1) is 19.4. The molecule has 132 valence electrons. The van der Waals surface area contributed by atoms with E-state index in [2.05, 4.69) is 47.4 Å². The zero-order valence-corrected chi connectivity index (χ0v) is 13.7. The summed E-state index contributed by atoms with van der Waals surface area (Å²) in [5.41, 5.74) is 5.15. The van der Waals surface area contributed by atoms with E-state index in [0.29, 0.717) is 0 Å². The molecule has 0 aliphatic carbocycles. The van der Waals surface area contributed by atoms with Crippen LogP contribution in [0.2, 0.25) is 0 Å². The number of aromatic amines is 1. The molecular weight excluding hydrogens is 343 g/mol. The number of rotatable bonds is 3. The fourth-order valence-corrected chi connectivity index (χ4v) is 2.14. The third-order valence-corrected chi connectivity index (χ3v) is 2.88. The van der Waals surface area contributed by atoms with Crippen LogP contribution in [0.5, 0.6) is 0 Å². The summed E-state index contributed by atoms with van der Waals surface area (Å²) >= 11 is 0. The molecule has 0 spiro atoms. The molecule has 0 saturated heterocycles. The Morgan fingerprint density at radius 1 is 1.00 bits per heavy atom. The summed E-state index contributed by atoms with van der Waals surface area (Å²) in [6.07, 6.45) is 4.61. The van der Waals surface area contributed by atoms with E-state index in [1.807, 2.05) is 6.20 Å². The van der Waals surface area contributed by atoms with Crippen LogP contribution in [0, 0.1) is 20.8 Å². The van der Waals surface area contributed by atoms with Crippen LogP contribution in [-0.2, 0) is 13.0 Å². The van der Waals surface area contributed by atoms with Gasteiger partial charge in [0.05, 0.1) is 6.33 Å². The SMILES string of the molecule is Cc1cc(C)[n+](CCc2cnc[nH]2)c(C)c1.F[P-](F)(F)(F)(F)F. The molecule has 2 aromatic heterocycles. The van der Waals surface area contributed by atoms with Gasteiger partial charge in [-0.25, -0.2) is 4.98 Å². The monoisotopic (exact) mass is 361 g/mol. The van der Waals surface area contributed by atoms with Crippen molar-refractivity contribution in [3.63, 3.8) is 0 Å². The van der Waals surface area contributed by atoms with E-state index in [1.165, 1.54) is 22.6 Å². The van der Waals surface area contributed by atoms with Crippen molar-refractivity contribution in [1.82, 2.24) is 9.97 Å². The van der Waals surface area contributed by atoms with E-state index in [9.17, 15) is 25.2 Å².